The number of carbonyl (C=O) groups is 1. The van der Waals surface area contributed by atoms with Gasteiger partial charge in [-0.2, -0.15) is 5.10 Å². The zero-order valence-corrected chi connectivity index (χ0v) is 8.86. The molecule has 0 radical (unpaired) electrons. The van der Waals surface area contributed by atoms with E-state index in [9.17, 15) is 4.79 Å². The Labute approximate surface area is 90.1 Å². The van der Waals surface area contributed by atoms with Crippen LogP contribution < -0.4 is 0 Å². The van der Waals surface area contributed by atoms with Crippen LogP contribution in [0.1, 0.15) is 5.56 Å². The predicted molar refractivity (Wildman–Crippen MR) is 56.1 cm³/mol. The number of aryl methyl sites for hydroxylation is 1. The van der Waals surface area contributed by atoms with Crippen LogP contribution in [0.15, 0.2) is 23.5 Å². The van der Waals surface area contributed by atoms with Crippen molar-refractivity contribution in [3.05, 3.63) is 24.0 Å². The summed E-state index contributed by atoms with van der Waals surface area (Å²) in [7, 11) is 0. The molecule has 0 saturated carbocycles. The summed E-state index contributed by atoms with van der Waals surface area (Å²) in [5, 5.41) is 13.4. The first kappa shape index (κ1) is 9.97. The Morgan fingerprint density at radius 2 is 2.40 bits per heavy atom. The molecule has 0 aliphatic heterocycles. The lowest BCUT2D eigenvalue weighted by Crippen LogP contribution is -2.00. The van der Waals surface area contributed by atoms with Crippen LogP contribution in [0.4, 0.5) is 0 Å². The summed E-state index contributed by atoms with van der Waals surface area (Å²) in [6, 6.07) is 3.80. The van der Waals surface area contributed by atoms with Crippen molar-refractivity contribution in [3.8, 4) is 0 Å². The van der Waals surface area contributed by atoms with E-state index in [-0.39, 0.29) is 5.75 Å². The maximum Gasteiger partial charge on any atom is 0.313 e. The van der Waals surface area contributed by atoms with Crippen LogP contribution in [0.2, 0.25) is 0 Å². The summed E-state index contributed by atoms with van der Waals surface area (Å²) < 4.78 is 1.64. The third-order valence-electron chi connectivity index (χ3n) is 1.83. The van der Waals surface area contributed by atoms with Crippen molar-refractivity contribution < 1.29 is 9.90 Å². The first-order chi connectivity index (χ1) is 7.16. The van der Waals surface area contributed by atoms with E-state index in [1.807, 2.05) is 19.1 Å². The number of hydrogen-bond donors (Lipinski definition) is 1. The van der Waals surface area contributed by atoms with Crippen molar-refractivity contribution in [2.45, 2.75) is 11.9 Å². The number of aromatic nitrogens is 3. The molecule has 2 rings (SSSR count). The maximum atomic E-state index is 10.5. The Bertz CT molecular complexity index is 509. The van der Waals surface area contributed by atoms with E-state index in [1.165, 1.54) is 18.1 Å². The highest BCUT2D eigenvalue weighted by Crippen LogP contribution is 2.19. The zero-order valence-electron chi connectivity index (χ0n) is 8.04. The van der Waals surface area contributed by atoms with Crippen molar-refractivity contribution in [1.29, 1.82) is 0 Å². The topological polar surface area (TPSA) is 67.5 Å². The number of fused-ring (bicyclic) bond motifs is 1. The van der Waals surface area contributed by atoms with Crippen LogP contribution >= 0.6 is 11.8 Å². The van der Waals surface area contributed by atoms with Gasteiger partial charge in [-0.05, 0) is 24.6 Å². The highest BCUT2D eigenvalue weighted by Gasteiger charge is 2.06. The number of hydrogen-bond acceptors (Lipinski definition) is 4. The highest BCUT2D eigenvalue weighted by molar-refractivity contribution is 7.99. The fourth-order valence-corrected chi connectivity index (χ4v) is 2.06. The second-order valence-electron chi connectivity index (χ2n) is 3.08. The standard InChI is InChI=1S/C9H9N3O2S/c1-6-2-7-10-5-11-12(7)8(3-6)15-4-9(13)14/h2-3,5H,4H2,1H3,(H,13,14). The summed E-state index contributed by atoms with van der Waals surface area (Å²) >= 11 is 1.24. The number of pyridine rings is 1. The minimum Gasteiger partial charge on any atom is -0.481 e. The average molecular weight is 223 g/mol. The minimum atomic E-state index is -0.838. The van der Waals surface area contributed by atoms with Crippen molar-refractivity contribution in [2.24, 2.45) is 0 Å². The number of thioether (sulfide) groups is 1. The van der Waals surface area contributed by atoms with Gasteiger partial charge in [0.2, 0.25) is 0 Å². The maximum absolute atomic E-state index is 10.5. The normalized spacial score (nSPS) is 10.7. The monoisotopic (exact) mass is 223 g/mol. The van der Waals surface area contributed by atoms with Crippen molar-refractivity contribution in [2.75, 3.05) is 5.75 Å². The van der Waals surface area contributed by atoms with Gasteiger partial charge >= 0.3 is 5.97 Å². The van der Waals surface area contributed by atoms with Crippen LogP contribution in [0, 0.1) is 6.92 Å². The third kappa shape index (κ3) is 2.10. The van der Waals surface area contributed by atoms with E-state index in [1.54, 1.807) is 4.52 Å². The second-order valence-corrected chi connectivity index (χ2v) is 4.08. The highest BCUT2D eigenvalue weighted by atomic mass is 32.2. The summed E-state index contributed by atoms with van der Waals surface area (Å²) in [6.45, 7) is 1.94. The smallest absolute Gasteiger partial charge is 0.313 e. The van der Waals surface area contributed by atoms with Gasteiger partial charge in [0, 0.05) is 0 Å². The fourth-order valence-electron chi connectivity index (χ4n) is 1.26. The van der Waals surface area contributed by atoms with Gasteiger partial charge in [0.25, 0.3) is 0 Å². The molecule has 0 saturated heterocycles. The summed E-state index contributed by atoms with van der Waals surface area (Å²) in [5.74, 6) is -0.812. The molecule has 5 nitrogen and oxygen atoms in total. The average Bonchev–Trinajstić information content (AvgIpc) is 2.61. The van der Waals surface area contributed by atoms with Crippen LogP contribution in [-0.4, -0.2) is 31.4 Å². The van der Waals surface area contributed by atoms with E-state index < -0.39 is 5.97 Å². The molecule has 6 heteroatoms. The molecule has 0 unspecified atom stereocenters. The lowest BCUT2D eigenvalue weighted by atomic mass is 10.3. The second kappa shape index (κ2) is 3.90. The minimum absolute atomic E-state index is 0.0262. The molecule has 0 aliphatic carbocycles. The number of nitrogens with zero attached hydrogens (tertiary/aromatic N) is 3. The quantitative estimate of drug-likeness (QED) is 0.792. The summed E-state index contributed by atoms with van der Waals surface area (Å²) in [4.78, 5) is 14.5. The predicted octanol–water partition coefficient (Wildman–Crippen LogP) is 1.21. The van der Waals surface area contributed by atoms with Gasteiger partial charge in [0.15, 0.2) is 5.65 Å². The van der Waals surface area contributed by atoms with E-state index in [4.69, 9.17) is 5.11 Å². The van der Waals surface area contributed by atoms with Crippen LogP contribution in [-0.2, 0) is 4.79 Å². The molecular formula is C9H9N3O2S. The first-order valence-electron chi connectivity index (χ1n) is 4.32. The van der Waals surface area contributed by atoms with Gasteiger partial charge in [-0.3, -0.25) is 4.79 Å². The molecule has 0 bridgehead atoms. The Hall–Kier alpha value is -1.56. The molecule has 0 amide bonds. The van der Waals surface area contributed by atoms with Crippen molar-refractivity contribution in [1.82, 2.24) is 14.6 Å². The number of carboxylic acid groups (broad SMARTS) is 1. The summed E-state index contributed by atoms with van der Waals surface area (Å²) in [6.07, 6.45) is 1.46. The SMILES string of the molecule is Cc1cc(SCC(=O)O)n2ncnc2c1. The summed E-state index contributed by atoms with van der Waals surface area (Å²) in [5.41, 5.74) is 1.78. The number of aliphatic carboxylic acids is 1. The lowest BCUT2D eigenvalue weighted by molar-refractivity contribution is -0.133. The van der Waals surface area contributed by atoms with E-state index in [0.717, 1.165) is 16.2 Å². The molecule has 2 heterocycles. The van der Waals surface area contributed by atoms with E-state index in [0.29, 0.717) is 0 Å². The Morgan fingerprint density at radius 1 is 1.60 bits per heavy atom. The molecule has 2 aromatic heterocycles. The van der Waals surface area contributed by atoms with Gasteiger partial charge in [0.05, 0.1) is 5.75 Å². The van der Waals surface area contributed by atoms with E-state index >= 15 is 0 Å². The zero-order chi connectivity index (χ0) is 10.8. The molecule has 15 heavy (non-hydrogen) atoms. The Balaban J connectivity index is 2.39. The van der Waals surface area contributed by atoms with Gasteiger partial charge in [-0.25, -0.2) is 9.50 Å². The van der Waals surface area contributed by atoms with Gasteiger partial charge in [-0.1, -0.05) is 11.8 Å². The molecule has 78 valence electrons. The van der Waals surface area contributed by atoms with Gasteiger partial charge < -0.3 is 5.11 Å². The van der Waals surface area contributed by atoms with Crippen LogP contribution in [0.5, 0.6) is 0 Å². The Morgan fingerprint density at radius 3 is 3.13 bits per heavy atom. The van der Waals surface area contributed by atoms with E-state index in [2.05, 4.69) is 10.1 Å². The third-order valence-corrected chi connectivity index (χ3v) is 2.81. The molecule has 0 aromatic carbocycles. The van der Waals surface area contributed by atoms with Gasteiger partial charge in [-0.15, -0.1) is 0 Å². The van der Waals surface area contributed by atoms with Crippen molar-refractivity contribution in [3.63, 3.8) is 0 Å². The number of carboxylic acids is 1. The lowest BCUT2D eigenvalue weighted by Gasteiger charge is -2.03. The molecule has 0 aliphatic rings. The Kier molecular flexibility index (Phi) is 2.59. The number of rotatable bonds is 3. The molecule has 0 atom stereocenters. The fraction of sp³-hybridized carbons (Fsp3) is 0.222. The molecule has 0 spiro atoms. The molecule has 0 fully saturated rings. The molecule has 1 N–H and O–H groups in total. The van der Waals surface area contributed by atoms with Crippen LogP contribution in [0.25, 0.3) is 5.65 Å². The molecular weight excluding hydrogens is 214 g/mol. The first-order valence-corrected chi connectivity index (χ1v) is 5.30. The molecule has 2 aromatic rings. The largest absolute Gasteiger partial charge is 0.481 e. The van der Waals surface area contributed by atoms with Crippen molar-refractivity contribution >= 4 is 23.4 Å². The van der Waals surface area contributed by atoms with Gasteiger partial charge in [0.1, 0.15) is 11.4 Å². The van der Waals surface area contributed by atoms with Crippen LogP contribution in [0.3, 0.4) is 0 Å².